The number of amides is 1. The van der Waals surface area contributed by atoms with Crippen LogP contribution < -0.4 is 4.90 Å². The molecule has 7 nitrogen and oxygen atoms in total. The highest BCUT2D eigenvalue weighted by Gasteiger charge is 2.41. The molecule has 176 valence electrons. The van der Waals surface area contributed by atoms with Crippen LogP contribution in [-0.2, 0) is 21.0 Å². The lowest BCUT2D eigenvalue weighted by atomic mass is 10.1. The van der Waals surface area contributed by atoms with Gasteiger partial charge in [0.25, 0.3) is 0 Å². The average molecular weight is 484 g/mol. The number of benzene rings is 2. The van der Waals surface area contributed by atoms with Crippen LogP contribution in [0.1, 0.15) is 11.1 Å². The van der Waals surface area contributed by atoms with Gasteiger partial charge in [0.2, 0.25) is 15.9 Å². The number of carbonyl (C=O) groups is 1. The largest absolute Gasteiger partial charge is 0.417 e. The molecule has 1 amide bonds. The van der Waals surface area contributed by atoms with E-state index in [2.05, 4.69) is 0 Å². The van der Waals surface area contributed by atoms with Crippen molar-refractivity contribution in [2.75, 3.05) is 38.6 Å². The quantitative estimate of drug-likeness (QED) is 0.623. The number of piperazine rings is 1. The number of alkyl halides is 3. The second kappa shape index (κ2) is 8.99. The third kappa shape index (κ3) is 4.94. The van der Waals surface area contributed by atoms with E-state index in [1.54, 1.807) is 0 Å². The standard InChI is InChI=1S/C21H20F4N4O3S/c1-27(2)20(30)19-13-28(16-7-6-14(12-26)18(11-16)21(23,24)25)8-9-29(19)33(31,32)17-5-3-4-15(22)10-17/h3-7,10-11,19H,8-9,13H2,1-2H3. The highest BCUT2D eigenvalue weighted by Crippen LogP contribution is 2.35. The third-order valence-electron chi connectivity index (χ3n) is 5.25. The number of rotatable bonds is 4. The Morgan fingerprint density at radius 2 is 1.85 bits per heavy atom. The number of hydrogen-bond acceptors (Lipinski definition) is 5. The van der Waals surface area contributed by atoms with Crippen LogP contribution in [-0.4, -0.2) is 63.3 Å². The smallest absolute Gasteiger partial charge is 0.368 e. The number of likely N-dealkylation sites (N-methyl/N-ethyl adjacent to an activating group) is 1. The Morgan fingerprint density at radius 1 is 1.15 bits per heavy atom. The maximum Gasteiger partial charge on any atom is 0.417 e. The van der Waals surface area contributed by atoms with Gasteiger partial charge in [0.15, 0.2) is 0 Å². The van der Waals surface area contributed by atoms with E-state index in [4.69, 9.17) is 5.26 Å². The first-order valence-electron chi connectivity index (χ1n) is 9.71. The van der Waals surface area contributed by atoms with Crippen LogP contribution in [0.25, 0.3) is 0 Å². The molecule has 2 aromatic carbocycles. The van der Waals surface area contributed by atoms with Crippen molar-refractivity contribution in [2.45, 2.75) is 17.1 Å². The summed E-state index contributed by atoms with van der Waals surface area (Å²) in [5.41, 5.74) is -1.56. The van der Waals surface area contributed by atoms with Gasteiger partial charge in [0.05, 0.1) is 22.1 Å². The normalized spacial score (nSPS) is 17.5. The first kappa shape index (κ1) is 24.5. The van der Waals surface area contributed by atoms with E-state index < -0.39 is 45.1 Å². The van der Waals surface area contributed by atoms with Crippen molar-refractivity contribution in [3.63, 3.8) is 0 Å². The summed E-state index contributed by atoms with van der Waals surface area (Å²) in [5, 5.41) is 9.00. The molecule has 1 fully saturated rings. The first-order chi connectivity index (χ1) is 15.4. The fourth-order valence-corrected chi connectivity index (χ4v) is 5.21. The Hall–Kier alpha value is -3.17. The van der Waals surface area contributed by atoms with Gasteiger partial charge in [-0.05, 0) is 36.4 Å². The maximum absolute atomic E-state index is 13.6. The van der Waals surface area contributed by atoms with E-state index in [1.807, 2.05) is 0 Å². The Kier molecular flexibility index (Phi) is 6.67. The van der Waals surface area contributed by atoms with E-state index in [9.17, 15) is 30.8 Å². The zero-order valence-electron chi connectivity index (χ0n) is 17.7. The van der Waals surface area contributed by atoms with Crippen LogP contribution in [0.5, 0.6) is 0 Å². The fourth-order valence-electron chi connectivity index (χ4n) is 3.61. The zero-order chi connectivity index (χ0) is 24.6. The molecule has 1 saturated heterocycles. The molecule has 1 aliphatic rings. The summed E-state index contributed by atoms with van der Waals surface area (Å²) in [6.45, 7) is -0.464. The molecule has 0 N–H and O–H groups in total. The van der Waals surface area contributed by atoms with Gasteiger partial charge in [0, 0.05) is 39.4 Å². The summed E-state index contributed by atoms with van der Waals surface area (Å²) in [5.74, 6) is -1.34. The molecular formula is C21H20F4N4O3S. The lowest BCUT2D eigenvalue weighted by Gasteiger charge is -2.41. The molecule has 0 aliphatic carbocycles. The molecule has 0 bridgehead atoms. The molecule has 0 aromatic heterocycles. The number of anilines is 1. The predicted octanol–water partition coefficient (Wildman–Crippen LogP) is 2.68. The molecule has 0 radical (unpaired) electrons. The van der Waals surface area contributed by atoms with Crippen molar-refractivity contribution in [1.29, 1.82) is 5.26 Å². The number of sulfonamides is 1. The number of hydrogen-bond donors (Lipinski definition) is 0. The minimum Gasteiger partial charge on any atom is -0.368 e. The van der Waals surface area contributed by atoms with Crippen molar-refractivity contribution in [2.24, 2.45) is 0 Å². The fraction of sp³-hybridized carbons (Fsp3) is 0.333. The van der Waals surface area contributed by atoms with Gasteiger partial charge in [-0.25, -0.2) is 12.8 Å². The summed E-state index contributed by atoms with van der Waals surface area (Å²) < 4.78 is 81.1. The topological polar surface area (TPSA) is 84.7 Å². The molecule has 1 unspecified atom stereocenters. The highest BCUT2D eigenvalue weighted by atomic mass is 32.2. The Labute approximate surface area is 188 Å². The van der Waals surface area contributed by atoms with Crippen LogP contribution in [0.15, 0.2) is 47.4 Å². The Morgan fingerprint density at radius 3 is 2.42 bits per heavy atom. The molecule has 1 heterocycles. The van der Waals surface area contributed by atoms with E-state index in [0.717, 1.165) is 28.6 Å². The maximum atomic E-state index is 13.6. The molecule has 12 heteroatoms. The SMILES string of the molecule is CN(C)C(=O)C1CN(c2ccc(C#N)c(C(F)(F)F)c2)CCN1S(=O)(=O)c1cccc(F)c1. The highest BCUT2D eigenvalue weighted by molar-refractivity contribution is 7.89. The van der Waals surface area contributed by atoms with Gasteiger partial charge in [-0.15, -0.1) is 0 Å². The van der Waals surface area contributed by atoms with Crippen LogP contribution in [0.2, 0.25) is 0 Å². The zero-order valence-corrected chi connectivity index (χ0v) is 18.5. The molecule has 1 atom stereocenters. The van der Waals surface area contributed by atoms with Gasteiger partial charge in [-0.3, -0.25) is 4.79 Å². The minimum atomic E-state index is -4.76. The lowest BCUT2D eigenvalue weighted by Crippen LogP contribution is -2.60. The summed E-state index contributed by atoms with van der Waals surface area (Å²) in [6.07, 6.45) is -4.76. The number of nitriles is 1. The van der Waals surface area contributed by atoms with Crippen molar-refractivity contribution in [3.8, 4) is 6.07 Å². The van der Waals surface area contributed by atoms with Crippen LogP contribution >= 0.6 is 0 Å². The van der Waals surface area contributed by atoms with E-state index in [-0.39, 0.29) is 30.2 Å². The van der Waals surface area contributed by atoms with Crippen LogP contribution in [0.4, 0.5) is 23.2 Å². The van der Waals surface area contributed by atoms with E-state index >= 15 is 0 Å². The average Bonchev–Trinajstić information content (AvgIpc) is 2.77. The van der Waals surface area contributed by atoms with Gasteiger partial charge >= 0.3 is 6.18 Å². The van der Waals surface area contributed by atoms with Crippen molar-refractivity contribution >= 4 is 21.6 Å². The summed E-state index contributed by atoms with van der Waals surface area (Å²) in [7, 11) is -1.41. The minimum absolute atomic E-state index is 0.0189. The number of halogens is 4. The molecule has 0 saturated carbocycles. The first-order valence-corrected chi connectivity index (χ1v) is 11.1. The predicted molar refractivity (Wildman–Crippen MR) is 111 cm³/mol. The molecule has 1 aliphatic heterocycles. The monoisotopic (exact) mass is 484 g/mol. The number of nitrogens with zero attached hydrogens (tertiary/aromatic N) is 4. The lowest BCUT2D eigenvalue weighted by molar-refractivity contribution is -0.137. The second-order valence-electron chi connectivity index (χ2n) is 7.61. The van der Waals surface area contributed by atoms with Crippen LogP contribution in [0, 0.1) is 17.1 Å². The molecule has 3 rings (SSSR count). The van der Waals surface area contributed by atoms with E-state index in [1.165, 1.54) is 48.2 Å². The van der Waals surface area contributed by atoms with Crippen molar-refractivity contribution < 1.29 is 30.8 Å². The molecule has 33 heavy (non-hydrogen) atoms. The Balaban J connectivity index is 2.00. The molecule has 0 spiro atoms. The summed E-state index contributed by atoms with van der Waals surface area (Å²) >= 11 is 0. The van der Waals surface area contributed by atoms with Gasteiger partial charge in [0.1, 0.15) is 11.9 Å². The van der Waals surface area contributed by atoms with Crippen molar-refractivity contribution in [1.82, 2.24) is 9.21 Å². The molecule has 2 aromatic rings. The third-order valence-corrected chi connectivity index (χ3v) is 7.16. The summed E-state index contributed by atoms with van der Waals surface area (Å²) in [6, 6.07) is 7.79. The van der Waals surface area contributed by atoms with Gasteiger partial charge in [-0.1, -0.05) is 6.07 Å². The number of carbonyl (C=O) groups excluding carboxylic acids is 1. The van der Waals surface area contributed by atoms with Crippen LogP contribution in [0.3, 0.4) is 0 Å². The second-order valence-corrected chi connectivity index (χ2v) is 9.50. The summed E-state index contributed by atoms with van der Waals surface area (Å²) in [4.78, 5) is 15.2. The van der Waals surface area contributed by atoms with Crippen molar-refractivity contribution in [3.05, 3.63) is 59.4 Å². The molecular weight excluding hydrogens is 464 g/mol. The van der Waals surface area contributed by atoms with Gasteiger partial charge < -0.3 is 9.80 Å². The Bertz CT molecular complexity index is 1210. The van der Waals surface area contributed by atoms with E-state index in [0.29, 0.717) is 0 Å². The van der Waals surface area contributed by atoms with Gasteiger partial charge in [-0.2, -0.15) is 22.7 Å².